The minimum absolute atomic E-state index is 0.00447. The molecule has 1 aliphatic rings. The molecule has 0 aromatic rings. The Morgan fingerprint density at radius 2 is 1.94 bits per heavy atom. The van der Waals surface area contributed by atoms with Crippen LogP contribution in [0.3, 0.4) is 0 Å². The summed E-state index contributed by atoms with van der Waals surface area (Å²) in [4.78, 5) is 21.5. The number of thioether (sulfide) groups is 1. The summed E-state index contributed by atoms with van der Waals surface area (Å²) in [7, 11) is 0. The van der Waals surface area contributed by atoms with Crippen LogP contribution in [0.15, 0.2) is 0 Å². The summed E-state index contributed by atoms with van der Waals surface area (Å²) in [6.07, 6.45) is 7.68. The molecule has 0 aromatic carbocycles. The van der Waals surface area contributed by atoms with Gasteiger partial charge in [0.25, 0.3) is 0 Å². The Kier molecular flexibility index (Phi) is 7.08. The molecule has 0 aromatic heterocycles. The molecule has 0 spiro atoms. The highest BCUT2D eigenvalue weighted by atomic mass is 32.2. The van der Waals surface area contributed by atoms with Gasteiger partial charge in [0, 0.05) is 6.54 Å². The van der Waals surface area contributed by atoms with Gasteiger partial charge in [0.2, 0.25) is 5.91 Å². The van der Waals surface area contributed by atoms with Crippen molar-refractivity contribution in [3.05, 3.63) is 0 Å². The summed E-state index contributed by atoms with van der Waals surface area (Å²) in [5.74, 6) is 0.186. The van der Waals surface area contributed by atoms with Crippen molar-refractivity contribution in [3.63, 3.8) is 0 Å². The van der Waals surface area contributed by atoms with Crippen LogP contribution in [0.4, 0.5) is 0 Å². The van der Waals surface area contributed by atoms with E-state index in [0.717, 1.165) is 30.6 Å². The van der Waals surface area contributed by atoms with Crippen LogP contribution >= 0.6 is 11.8 Å². The van der Waals surface area contributed by atoms with E-state index < -0.39 is 5.97 Å². The number of hydrogen-bond donors (Lipinski definition) is 2. The Morgan fingerprint density at radius 1 is 1.24 bits per heavy atom. The van der Waals surface area contributed by atoms with Crippen LogP contribution < -0.4 is 5.32 Å². The molecule has 17 heavy (non-hydrogen) atoms. The third-order valence-corrected chi connectivity index (χ3v) is 3.96. The second-order valence-corrected chi connectivity index (χ2v) is 5.51. The van der Waals surface area contributed by atoms with Crippen LogP contribution in [-0.2, 0) is 9.59 Å². The molecule has 4 nitrogen and oxygen atoms in total. The van der Waals surface area contributed by atoms with Crippen LogP contribution in [0, 0.1) is 5.92 Å². The first-order chi connectivity index (χ1) is 8.18. The van der Waals surface area contributed by atoms with Crippen molar-refractivity contribution < 1.29 is 14.7 Å². The Morgan fingerprint density at radius 3 is 2.59 bits per heavy atom. The molecule has 1 saturated carbocycles. The maximum absolute atomic E-state index is 11.3. The first-order valence-corrected chi connectivity index (χ1v) is 7.40. The molecule has 1 aliphatic carbocycles. The lowest BCUT2D eigenvalue weighted by Gasteiger charge is -2.09. The average Bonchev–Trinajstić information content (AvgIpc) is 2.76. The molecule has 1 rings (SSSR count). The van der Waals surface area contributed by atoms with Gasteiger partial charge in [-0.1, -0.05) is 25.7 Å². The minimum atomic E-state index is -0.871. The van der Waals surface area contributed by atoms with Gasteiger partial charge in [-0.2, -0.15) is 0 Å². The molecule has 0 radical (unpaired) electrons. The highest BCUT2D eigenvalue weighted by Gasteiger charge is 2.14. The highest BCUT2D eigenvalue weighted by Crippen LogP contribution is 2.28. The summed E-state index contributed by atoms with van der Waals surface area (Å²) >= 11 is 1.14. The van der Waals surface area contributed by atoms with E-state index in [4.69, 9.17) is 5.11 Å². The van der Waals surface area contributed by atoms with Crippen LogP contribution in [0.1, 0.15) is 38.5 Å². The molecule has 5 heteroatoms. The Labute approximate surface area is 107 Å². The molecule has 0 bridgehead atoms. The van der Waals surface area contributed by atoms with Crippen LogP contribution in [0.5, 0.6) is 0 Å². The third-order valence-electron chi connectivity index (χ3n) is 3.04. The zero-order valence-corrected chi connectivity index (χ0v) is 10.9. The van der Waals surface area contributed by atoms with Crippen molar-refractivity contribution in [3.8, 4) is 0 Å². The highest BCUT2D eigenvalue weighted by molar-refractivity contribution is 8.00. The number of amides is 1. The summed E-state index contributed by atoms with van der Waals surface area (Å²) < 4.78 is 0. The molecule has 0 atom stereocenters. The quantitative estimate of drug-likeness (QED) is 0.653. The summed E-state index contributed by atoms with van der Waals surface area (Å²) in [5, 5.41) is 11.2. The van der Waals surface area contributed by atoms with Gasteiger partial charge in [0.15, 0.2) is 0 Å². The zero-order valence-electron chi connectivity index (χ0n) is 10.1. The summed E-state index contributed by atoms with van der Waals surface area (Å²) in [6.45, 7) is 0.725. The van der Waals surface area contributed by atoms with E-state index in [1.165, 1.54) is 32.1 Å². The van der Waals surface area contributed by atoms with Crippen molar-refractivity contribution in [1.29, 1.82) is 0 Å². The van der Waals surface area contributed by atoms with Crippen molar-refractivity contribution in [2.45, 2.75) is 38.5 Å². The topological polar surface area (TPSA) is 66.4 Å². The molecule has 2 N–H and O–H groups in total. The fourth-order valence-electron chi connectivity index (χ4n) is 2.20. The Bertz CT molecular complexity index is 252. The predicted molar refractivity (Wildman–Crippen MR) is 69.2 cm³/mol. The van der Waals surface area contributed by atoms with Crippen LogP contribution in [0.25, 0.3) is 0 Å². The second kappa shape index (κ2) is 8.39. The number of carbonyl (C=O) groups excluding carboxylic acids is 1. The van der Waals surface area contributed by atoms with Gasteiger partial charge < -0.3 is 10.4 Å². The monoisotopic (exact) mass is 259 g/mol. The first-order valence-electron chi connectivity index (χ1n) is 6.24. The largest absolute Gasteiger partial charge is 0.481 e. The Hall–Kier alpha value is -0.710. The van der Waals surface area contributed by atoms with E-state index in [9.17, 15) is 9.59 Å². The fraction of sp³-hybridized carbons (Fsp3) is 0.833. The lowest BCUT2D eigenvalue weighted by atomic mass is 10.0. The van der Waals surface area contributed by atoms with Crippen molar-refractivity contribution in [2.24, 2.45) is 5.92 Å². The first kappa shape index (κ1) is 14.4. The van der Waals surface area contributed by atoms with E-state index in [-0.39, 0.29) is 17.4 Å². The van der Waals surface area contributed by atoms with E-state index >= 15 is 0 Å². The van der Waals surface area contributed by atoms with Gasteiger partial charge in [-0.05, 0) is 18.8 Å². The summed E-state index contributed by atoms with van der Waals surface area (Å²) in [5.41, 5.74) is 0. The molecule has 1 fully saturated rings. The second-order valence-electron chi connectivity index (χ2n) is 4.53. The number of hydrogen-bond acceptors (Lipinski definition) is 3. The molecule has 98 valence electrons. The van der Waals surface area contributed by atoms with Gasteiger partial charge in [-0.15, -0.1) is 11.8 Å². The average molecular weight is 259 g/mol. The maximum Gasteiger partial charge on any atom is 0.313 e. The normalized spacial score (nSPS) is 16.0. The van der Waals surface area contributed by atoms with E-state index in [0.29, 0.717) is 0 Å². The molecule has 0 aliphatic heterocycles. The summed E-state index contributed by atoms with van der Waals surface area (Å²) in [6, 6.07) is 0. The van der Waals surface area contributed by atoms with Gasteiger partial charge in [-0.3, -0.25) is 9.59 Å². The lowest BCUT2D eigenvalue weighted by molar-refractivity contribution is -0.133. The standard InChI is InChI=1S/C12H21NO3S/c14-11(8-17-9-12(15)16)13-7-3-6-10-4-1-2-5-10/h10H,1-9H2,(H,13,14)(H,15,16). The van der Waals surface area contributed by atoms with Gasteiger partial charge >= 0.3 is 5.97 Å². The van der Waals surface area contributed by atoms with Crippen molar-refractivity contribution >= 4 is 23.6 Å². The predicted octanol–water partition coefficient (Wildman–Crippen LogP) is 1.89. The number of aliphatic carboxylic acids is 1. The SMILES string of the molecule is O=C(O)CSCC(=O)NCCCC1CCCC1. The third kappa shape index (κ3) is 7.26. The molecular weight excluding hydrogens is 238 g/mol. The number of nitrogens with one attached hydrogen (secondary N) is 1. The molecule has 0 saturated heterocycles. The minimum Gasteiger partial charge on any atom is -0.481 e. The number of rotatable bonds is 8. The zero-order chi connectivity index (χ0) is 12.5. The molecule has 0 unspecified atom stereocenters. The molecule has 1 amide bonds. The maximum atomic E-state index is 11.3. The lowest BCUT2D eigenvalue weighted by Crippen LogP contribution is -2.26. The van der Waals surface area contributed by atoms with Crippen molar-refractivity contribution in [1.82, 2.24) is 5.32 Å². The molecular formula is C12H21NO3S. The van der Waals surface area contributed by atoms with E-state index in [1.54, 1.807) is 0 Å². The van der Waals surface area contributed by atoms with E-state index in [1.807, 2.05) is 0 Å². The number of carboxylic acid groups (broad SMARTS) is 1. The van der Waals surface area contributed by atoms with Crippen LogP contribution in [0.2, 0.25) is 0 Å². The number of carbonyl (C=O) groups is 2. The fourth-order valence-corrected chi connectivity index (χ4v) is 2.76. The van der Waals surface area contributed by atoms with Gasteiger partial charge in [0.05, 0.1) is 11.5 Å². The smallest absolute Gasteiger partial charge is 0.313 e. The van der Waals surface area contributed by atoms with Crippen LogP contribution in [-0.4, -0.2) is 35.0 Å². The number of carboxylic acids is 1. The van der Waals surface area contributed by atoms with Gasteiger partial charge in [-0.25, -0.2) is 0 Å². The van der Waals surface area contributed by atoms with Crippen molar-refractivity contribution in [2.75, 3.05) is 18.1 Å². The molecule has 0 heterocycles. The van der Waals surface area contributed by atoms with Gasteiger partial charge in [0.1, 0.15) is 0 Å². The van der Waals surface area contributed by atoms with E-state index in [2.05, 4.69) is 5.32 Å². The Balaban J connectivity index is 1.90.